The van der Waals surface area contributed by atoms with Gasteiger partial charge in [0.05, 0.1) is 12.7 Å². The molecule has 0 bridgehead atoms. The molecule has 11 heteroatoms. The van der Waals surface area contributed by atoms with Crippen LogP contribution in [0.25, 0.3) is 10.9 Å². The largest absolute Gasteiger partial charge is 0.465 e. The number of ether oxygens (including phenoxy) is 1. The van der Waals surface area contributed by atoms with Crippen LogP contribution in [0.15, 0.2) is 38.9 Å². The smallest absolute Gasteiger partial charge is 0.337 e. The maximum atomic E-state index is 13.2. The lowest BCUT2D eigenvalue weighted by molar-refractivity contribution is 0.0601. The van der Waals surface area contributed by atoms with Gasteiger partial charge in [-0.1, -0.05) is 0 Å². The summed E-state index contributed by atoms with van der Waals surface area (Å²) in [6.07, 6.45) is 1.48. The van der Waals surface area contributed by atoms with Gasteiger partial charge in [-0.15, -0.1) is 0 Å². The van der Waals surface area contributed by atoms with Crippen molar-refractivity contribution in [2.75, 3.05) is 13.7 Å². The van der Waals surface area contributed by atoms with Gasteiger partial charge in [-0.05, 0) is 23.8 Å². The molecule has 0 unspecified atom stereocenters. The first-order chi connectivity index (χ1) is 14.1. The van der Waals surface area contributed by atoms with Crippen LogP contribution in [0.3, 0.4) is 0 Å². The highest BCUT2D eigenvalue weighted by Crippen LogP contribution is 2.30. The zero-order valence-corrected chi connectivity index (χ0v) is 17.4. The molecule has 0 saturated carbocycles. The number of aromatic amines is 1. The van der Waals surface area contributed by atoms with E-state index in [0.717, 1.165) is 37.5 Å². The molecule has 1 aliphatic rings. The van der Waals surface area contributed by atoms with E-state index in [-0.39, 0.29) is 13.1 Å². The molecule has 2 aromatic heterocycles. The van der Waals surface area contributed by atoms with Gasteiger partial charge in [-0.2, -0.15) is 4.31 Å². The molecule has 10 nitrogen and oxygen atoms in total. The minimum Gasteiger partial charge on any atom is -0.465 e. The summed E-state index contributed by atoms with van der Waals surface area (Å²) < 4.78 is 34.3. The Morgan fingerprint density at radius 2 is 1.93 bits per heavy atom. The highest BCUT2D eigenvalue weighted by atomic mass is 32.2. The monoisotopic (exact) mass is 432 g/mol. The summed E-state index contributed by atoms with van der Waals surface area (Å²) in [7, 11) is -0.213. The van der Waals surface area contributed by atoms with Crippen LogP contribution in [0.2, 0.25) is 0 Å². The normalized spacial score (nSPS) is 14.6. The number of esters is 1. The first-order valence-corrected chi connectivity index (χ1v) is 10.6. The number of aryl methyl sites for hydroxylation is 1. The van der Waals surface area contributed by atoms with Crippen molar-refractivity contribution in [2.45, 2.75) is 17.9 Å². The van der Waals surface area contributed by atoms with Crippen LogP contribution in [0.4, 0.5) is 0 Å². The van der Waals surface area contributed by atoms with Crippen LogP contribution >= 0.6 is 0 Å². The summed E-state index contributed by atoms with van der Waals surface area (Å²) in [5, 5.41) is 0.723. The van der Waals surface area contributed by atoms with Gasteiger partial charge in [-0.3, -0.25) is 9.36 Å². The van der Waals surface area contributed by atoms with Crippen molar-refractivity contribution in [3.05, 3.63) is 62.1 Å². The predicted octanol–water partition coefficient (Wildman–Crippen LogP) is 0.0989. The Hall–Kier alpha value is -3.18. The molecule has 1 aromatic carbocycles. The molecule has 0 aliphatic carbocycles. The lowest BCUT2D eigenvalue weighted by Gasteiger charge is -2.26. The summed E-state index contributed by atoms with van der Waals surface area (Å²) in [4.78, 5) is 39.1. The van der Waals surface area contributed by atoms with Crippen molar-refractivity contribution >= 4 is 26.9 Å². The number of sulfonamides is 1. The molecule has 1 N–H and O–H groups in total. The Balaban J connectivity index is 1.80. The first-order valence-electron chi connectivity index (χ1n) is 9.13. The summed E-state index contributed by atoms with van der Waals surface area (Å²) >= 11 is 0. The van der Waals surface area contributed by atoms with E-state index < -0.39 is 32.1 Å². The van der Waals surface area contributed by atoms with Gasteiger partial charge in [0.25, 0.3) is 5.56 Å². The number of hydrogen-bond donors (Lipinski definition) is 1. The molecule has 4 rings (SSSR count). The van der Waals surface area contributed by atoms with Gasteiger partial charge in [0.1, 0.15) is 0 Å². The second-order valence-electron chi connectivity index (χ2n) is 7.17. The minimum absolute atomic E-state index is 0.0360. The van der Waals surface area contributed by atoms with Gasteiger partial charge < -0.3 is 14.3 Å². The van der Waals surface area contributed by atoms with Gasteiger partial charge >= 0.3 is 11.7 Å². The van der Waals surface area contributed by atoms with Gasteiger partial charge in [0, 0.05) is 56.4 Å². The third-order valence-electron chi connectivity index (χ3n) is 5.39. The van der Waals surface area contributed by atoms with Crippen molar-refractivity contribution in [1.29, 1.82) is 0 Å². The molecule has 0 fully saturated rings. The lowest BCUT2D eigenvalue weighted by Crippen LogP contribution is -2.43. The Morgan fingerprint density at radius 1 is 1.20 bits per heavy atom. The predicted molar refractivity (Wildman–Crippen MR) is 108 cm³/mol. The molecule has 3 heterocycles. The Labute approximate surface area is 171 Å². The zero-order chi connectivity index (χ0) is 21.8. The summed E-state index contributed by atoms with van der Waals surface area (Å²) in [6.45, 7) is 0.215. The summed E-state index contributed by atoms with van der Waals surface area (Å²) in [5.41, 5.74) is 1.30. The second kappa shape index (κ2) is 6.96. The van der Waals surface area contributed by atoms with E-state index in [1.165, 1.54) is 25.5 Å². The van der Waals surface area contributed by atoms with Crippen molar-refractivity contribution in [1.82, 2.24) is 18.4 Å². The summed E-state index contributed by atoms with van der Waals surface area (Å²) in [6, 6.07) is 5.05. The van der Waals surface area contributed by atoms with E-state index in [9.17, 15) is 22.8 Å². The molecule has 3 aromatic rings. The Morgan fingerprint density at radius 3 is 2.63 bits per heavy atom. The average Bonchev–Trinajstić information content (AvgIpc) is 3.11. The van der Waals surface area contributed by atoms with Crippen LogP contribution in [0, 0.1) is 0 Å². The number of nitrogens with one attached hydrogen (secondary N) is 1. The van der Waals surface area contributed by atoms with Crippen LogP contribution in [-0.2, 0) is 41.8 Å². The number of methoxy groups -OCH3 is 1. The van der Waals surface area contributed by atoms with Crippen LogP contribution in [0.1, 0.15) is 21.6 Å². The molecule has 0 spiro atoms. The van der Waals surface area contributed by atoms with E-state index in [1.54, 1.807) is 18.2 Å². The number of nitrogens with zero attached hydrogens (tertiary/aromatic N) is 3. The van der Waals surface area contributed by atoms with E-state index in [0.29, 0.717) is 12.0 Å². The number of hydrogen-bond acceptors (Lipinski definition) is 6. The van der Waals surface area contributed by atoms with Crippen LogP contribution < -0.4 is 11.2 Å². The van der Waals surface area contributed by atoms with Crippen LogP contribution in [0.5, 0.6) is 0 Å². The third kappa shape index (κ3) is 2.97. The fraction of sp³-hybridized carbons (Fsp3) is 0.316. The highest BCUT2D eigenvalue weighted by molar-refractivity contribution is 7.89. The number of fused-ring (bicyclic) bond motifs is 3. The topological polar surface area (TPSA) is 123 Å². The molecule has 1 aliphatic heterocycles. The Kier molecular flexibility index (Phi) is 4.66. The summed E-state index contributed by atoms with van der Waals surface area (Å²) in [5.74, 6) is -0.485. The standard InChI is InChI=1S/C19H20N4O6S/c1-21-10-16(17(24)22(2)19(21)26)30(27,28)23-7-6-15-13(9-23)12-8-11(18(25)29-3)4-5-14(12)20-15/h4-5,8,10,20H,6-7,9H2,1-3H3. The van der Waals surface area contributed by atoms with Gasteiger partial charge in [-0.25, -0.2) is 18.0 Å². The van der Waals surface area contributed by atoms with Crippen molar-refractivity contribution in [3.63, 3.8) is 0 Å². The van der Waals surface area contributed by atoms with E-state index in [4.69, 9.17) is 4.74 Å². The lowest BCUT2D eigenvalue weighted by atomic mass is 10.0. The minimum atomic E-state index is -4.14. The number of H-pyrrole nitrogens is 1. The van der Waals surface area contributed by atoms with E-state index >= 15 is 0 Å². The van der Waals surface area contributed by atoms with Crippen molar-refractivity contribution in [2.24, 2.45) is 14.1 Å². The molecular formula is C19H20N4O6S. The number of benzene rings is 1. The maximum absolute atomic E-state index is 13.2. The molecule has 0 atom stereocenters. The quantitative estimate of drug-likeness (QED) is 0.586. The SMILES string of the molecule is COC(=O)c1ccc2[nH]c3c(c2c1)CN(S(=O)(=O)c1cn(C)c(=O)n(C)c1=O)CC3. The molecule has 0 amide bonds. The molecular weight excluding hydrogens is 412 g/mol. The highest BCUT2D eigenvalue weighted by Gasteiger charge is 2.33. The average molecular weight is 432 g/mol. The van der Waals surface area contributed by atoms with Gasteiger partial charge in [0.15, 0.2) is 4.90 Å². The molecule has 158 valence electrons. The number of aromatic nitrogens is 3. The second-order valence-corrected chi connectivity index (χ2v) is 9.08. The maximum Gasteiger partial charge on any atom is 0.337 e. The number of rotatable bonds is 3. The number of carbonyl (C=O) groups is 1. The Bertz CT molecular complexity index is 1410. The zero-order valence-electron chi connectivity index (χ0n) is 16.6. The van der Waals surface area contributed by atoms with Gasteiger partial charge in [0.2, 0.25) is 10.0 Å². The fourth-order valence-corrected chi connectivity index (χ4v) is 5.29. The first kappa shape index (κ1) is 20.1. The fourth-order valence-electron chi connectivity index (χ4n) is 3.73. The van der Waals surface area contributed by atoms with E-state index in [1.807, 2.05) is 0 Å². The van der Waals surface area contributed by atoms with Crippen molar-refractivity contribution in [3.8, 4) is 0 Å². The molecule has 0 radical (unpaired) electrons. The third-order valence-corrected chi connectivity index (χ3v) is 7.22. The van der Waals surface area contributed by atoms with E-state index in [2.05, 4.69) is 4.98 Å². The molecule has 0 saturated heterocycles. The van der Waals surface area contributed by atoms with Crippen LogP contribution in [-0.4, -0.2) is 46.5 Å². The molecule has 30 heavy (non-hydrogen) atoms. The number of carbonyl (C=O) groups excluding carboxylic acids is 1. The van der Waals surface area contributed by atoms with Crippen molar-refractivity contribution < 1.29 is 17.9 Å².